The van der Waals surface area contributed by atoms with Crippen LogP contribution in [-0.2, 0) is 14.3 Å². The fraction of sp³-hybridized carbons (Fsp3) is 0.222. The lowest BCUT2D eigenvalue weighted by Crippen LogP contribution is -2.10. The summed E-state index contributed by atoms with van der Waals surface area (Å²) in [5.41, 5.74) is -0.458. The first-order chi connectivity index (χ1) is 7.09. The number of cyclic esters (lactones) is 2. The first-order valence-electron chi connectivity index (χ1n) is 4.13. The molecule has 1 aromatic rings. The third-order valence-corrected chi connectivity index (χ3v) is 2.11. The van der Waals surface area contributed by atoms with Gasteiger partial charge in [-0.3, -0.25) is 14.6 Å². The lowest BCUT2D eigenvalue weighted by molar-refractivity contribution is -0.152. The maximum Gasteiger partial charge on any atom is 0.321 e. The molecule has 0 saturated carbocycles. The van der Waals surface area contributed by atoms with E-state index in [1.54, 1.807) is 0 Å². The molecule has 0 radical (unpaired) electrons. The molecule has 0 amide bonds. The molecule has 2 heterocycles. The molecule has 1 aromatic heterocycles. The number of rotatable bonds is 1. The Bertz CT molecular complexity index is 427. The molecule has 0 N–H and O–H groups in total. The van der Waals surface area contributed by atoms with Crippen LogP contribution in [0.4, 0.5) is 8.78 Å². The minimum absolute atomic E-state index is 0.337. The van der Waals surface area contributed by atoms with Crippen LogP contribution < -0.4 is 0 Å². The van der Waals surface area contributed by atoms with Gasteiger partial charge in [-0.1, -0.05) is 0 Å². The lowest BCUT2D eigenvalue weighted by Gasteiger charge is -2.06. The number of ether oxygens (including phenoxy) is 1. The van der Waals surface area contributed by atoms with Gasteiger partial charge in [0.25, 0.3) is 0 Å². The number of esters is 2. The Kier molecular flexibility index (Phi) is 2.18. The Balaban J connectivity index is 2.46. The third kappa shape index (κ3) is 1.58. The smallest absolute Gasteiger partial charge is 0.321 e. The molecule has 1 unspecified atom stereocenters. The zero-order valence-electron chi connectivity index (χ0n) is 7.37. The molecular weight excluding hydrogens is 208 g/mol. The van der Waals surface area contributed by atoms with Crippen LogP contribution in [0.15, 0.2) is 12.4 Å². The van der Waals surface area contributed by atoms with E-state index in [9.17, 15) is 18.4 Å². The summed E-state index contributed by atoms with van der Waals surface area (Å²) in [6, 6.07) is 0. The van der Waals surface area contributed by atoms with E-state index < -0.39 is 35.1 Å². The van der Waals surface area contributed by atoms with Crippen LogP contribution >= 0.6 is 0 Å². The summed E-state index contributed by atoms with van der Waals surface area (Å²) in [6.07, 6.45) is 1.24. The predicted octanol–water partition coefficient (Wildman–Crippen LogP) is 0.917. The van der Waals surface area contributed by atoms with Crippen molar-refractivity contribution in [1.82, 2.24) is 4.98 Å². The summed E-state index contributed by atoms with van der Waals surface area (Å²) in [6.45, 7) is 0. The SMILES string of the molecule is O=C1CC(c2c(F)cncc2F)C(=O)O1. The average molecular weight is 213 g/mol. The van der Waals surface area contributed by atoms with E-state index in [4.69, 9.17) is 0 Å². The van der Waals surface area contributed by atoms with Gasteiger partial charge in [0.05, 0.1) is 24.7 Å². The molecule has 0 bridgehead atoms. The number of hydrogen-bond donors (Lipinski definition) is 0. The Morgan fingerprint density at radius 3 is 2.33 bits per heavy atom. The normalized spacial score (nSPS) is 20.5. The second kappa shape index (κ2) is 3.38. The maximum atomic E-state index is 13.2. The summed E-state index contributed by atoms with van der Waals surface area (Å²) < 4.78 is 30.6. The largest absolute Gasteiger partial charge is 0.393 e. The van der Waals surface area contributed by atoms with E-state index in [1.165, 1.54) is 0 Å². The minimum Gasteiger partial charge on any atom is -0.393 e. The molecule has 1 aliphatic rings. The highest BCUT2D eigenvalue weighted by Crippen LogP contribution is 2.30. The highest BCUT2D eigenvalue weighted by Gasteiger charge is 2.38. The topological polar surface area (TPSA) is 56.3 Å². The van der Waals surface area contributed by atoms with E-state index in [-0.39, 0.29) is 6.42 Å². The Morgan fingerprint density at radius 1 is 1.27 bits per heavy atom. The Hall–Kier alpha value is -1.85. The second-order valence-electron chi connectivity index (χ2n) is 3.07. The van der Waals surface area contributed by atoms with Gasteiger partial charge in [-0.25, -0.2) is 8.78 Å². The number of halogens is 2. The Morgan fingerprint density at radius 2 is 1.87 bits per heavy atom. The van der Waals surface area contributed by atoms with Crippen LogP contribution in [0.5, 0.6) is 0 Å². The molecule has 0 aliphatic carbocycles. The summed E-state index contributed by atoms with van der Waals surface area (Å²) in [4.78, 5) is 25.1. The van der Waals surface area contributed by atoms with Gasteiger partial charge >= 0.3 is 11.9 Å². The highest BCUT2D eigenvalue weighted by atomic mass is 19.1. The average Bonchev–Trinajstić information content (AvgIpc) is 2.45. The maximum absolute atomic E-state index is 13.2. The number of nitrogens with zero attached hydrogens (tertiary/aromatic N) is 1. The van der Waals surface area contributed by atoms with Crippen molar-refractivity contribution in [3.8, 4) is 0 Å². The van der Waals surface area contributed by atoms with Gasteiger partial charge in [0.2, 0.25) is 0 Å². The fourth-order valence-electron chi connectivity index (χ4n) is 1.45. The summed E-state index contributed by atoms with van der Waals surface area (Å²) >= 11 is 0. The zero-order chi connectivity index (χ0) is 11.0. The quantitative estimate of drug-likeness (QED) is 0.514. The fourth-order valence-corrected chi connectivity index (χ4v) is 1.45. The van der Waals surface area contributed by atoms with Gasteiger partial charge in [-0.05, 0) is 0 Å². The van der Waals surface area contributed by atoms with Crippen molar-refractivity contribution in [2.24, 2.45) is 0 Å². The van der Waals surface area contributed by atoms with Crippen LogP contribution in [-0.4, -0.2) is 16.9 Å². The van der Waals surface area contributed by atoms with Crippen molar-refractivity contribution in [2.75, 3.05) is 0 Å². The van der Waals surface area contributed by atoms with Crippen LogP contribution in [0.1, 0.15) is 17.9 Å². The number of carbonyl (C=O) groups is 2. The summed E-state index contributed by atoms with van der Waals surface area (Å²) in [7, 11) is 0. The second-order valence-corrected chi connectivity index (χ2v) is 3.07. The predicted molar refractivity (Wildman–Crippen MR) is 42.6 cm³/mol. The Labute approximate surface area is 82.9 Å². The molecule has 15 heavy (non-hydrogen) atoms. The van der Waals surface area contributed by atoms with E-state index in [0.717, 1.165) is 12.4 Å². The van der Waals surface area contributed by atoms with Crippen molar-refractivity contribution < 1.29 is 23.1 Å². The minimum atomic E-state index is -1.19. The molecule has 1 aliphatic heterocycles. The van der Waals surface area contributed by atoms with Gasteiger partial charge < -0.3 is 4.74 Å². The summed E-state index contributed by atoms with van der Waals surface area (Å²) in [5.74, 6) is -4.80. The van der Waals surface area contributed by atoms with Crippen molar-refractivity contribution in [3.05, 3.63) is 29.6 Å². The number of carbonyl (C=O) groups excluding carboxylic acids is 2. The number of aromatic nitrogens is 1. The van der Waals surface area contributed by atoms with Crippen LogP contribution in [0.2, 0.25) is 0 Å². The molecular formula is C9H5F2NO3. The molecule has 1 fully saturated rings. The first-order valence-corrected chi connectivity index (χ1v) is 4.13. The van der Waals surface area contributed by atoms with Gasteiger partial charge in [-0.2, -0.15) is 0 Å². The molecule has 1 atom stereocenters. The zero-order valence-corrected chi connectivity index (χ0v) is 7.37. The molecule has 0 aromatic carbocycles. The van der Waals surface area contributed by atoms with Gasteiger partial charge in [-0.15, -0.1) is 0 Å². The molecule has 4 nitrogen and oxygen atoms in total. The van der Waals surface area contributed by atoms with Crippen molar-refractivity contribution in [3.63, 3.8) is 0 Å². The monoisotopic (exact) mass is 213 g/mol. The van der Waals surface area contributed by atoms with E-state index in [0.29, 0.717) is 0 Å². The van der Waals surface area contributed by atoms with Crippen LogP contribution in [0.3, 0.4) is 0 Å². The third-order valence-electron chi connectivity index (χ3n) is 2.11. The van der Waals surface area contributed by atoms with Gasteiger partial charge in [0, 0.05) is 5.56 Å². The standard InChI is InChI=1S/C9H5F2NO3/c10-5-2-12-3-6(11)8(5)4-1-7(13)15-9(4)14/h2-4H,1H2. The number of pyridine rings is 1. The van der Waals surface area contributed by atoms with Crippen LogP contribution in [0, 0.1) is 11.6 Å². The van der Waals surface area contributed by atoms with E-state index in [1.807, 2.05) is 0 Å². The van der Waals surface area contributed by atoms with E-state index in [2.05, 4.69) is 9.72 Å². The summed E-state index contributed by atoms with van der Waals surface area (Å²) in [5, 5.41) is 0. The van der Waals surface area contributed by atoms with Gasteiger partial charge in [0.15, 0.2) is 0 Å². The molecule has 78 valence electrons. The van der Waals surface area contributed by atoms with E-state index >= 15 is 0 Å². The van der Waals surface area contributed by atoms with Gasteiger partial charge in [0.1, 0.15) is 11.6 Å². The van der Waals surface area contributed by atoms with Crippen molar-refractivity contribution >= 4 is 11.9 Å². The van der Waals surface area contributed by atoms with Crippen LogP contribution in [0.25, 0.3) is 0 Å². The lowest BCUT2D eigenvalue weighted by atomic mass is 9.98. The molecule has 1 saturated heterocycles. The molecule has 6 heteroatoms. The molecule has 2 rings (SSSR count). The highest BCUT2D eigenvalue weighted by molar-refractivity contribution is 5.97. The number of hydrogen-bond acceptors (Lipinski definition) is 4. The van der Waals surface area contributed by atoms with Crippen molar-refractivity contribution in [2.45, 2.75) is 12.3 Å². The first kappa shape index (κ1) is 9.70. The molecule has 0 spiro atoms. The van der Waals surface area contributed by atoms with Crippen molar-refractivity contribution in [1.29, 1.82) is 0 Å².